The van der Waals surface area contributed by atoms with Crippen molar-refractivity contribution in [2.24, 2.45) is 0 Å². The zero-order valence-corrected chi connectivity index (χ0v) is 13.6. The smallest absolute Gasteiger partial charge is 0.251 e. The lowest BCUT2D eigenvalue weighted by Gasteiger charge is -2.26. The lowest BCUT2D eigenvalue weighted by atomic mass is 10.2. The van der Waals surface area contributed by atoms with Crippen LogP contribution in [-0.4, -0.2) is 60.5 Å². The molecule has 0 aliphatic carbocycles. The zero-order chi connectivity index (χ0) is 15.1. The Bertz CT molecular complexity index is 452. The second kappa shape index (κ2) is 8.24. The van der Waals surface area contributed by atoms with Crippen molar-refractivity contribution < 1.29 is 4.79 Å². The molecule has 1 saturated heterocycles. The molecule has 6 heteroatoms. The van der Waals surface area contributed by atoms with Crippen LogP contribution in [0.1, 0.15) is 23.0 Å². The molecule has 2 rings (SSSR count). The highest BCUT2D eigenvalue weighted by molar-refractivity contribution is 7.99. The fraction of sp³-hybridized carbons (Fsp3) is 0.600. The summed E-state index contributed by atoms with van der Waals surface area (Å²) in [6.07, 6.45) is 0.821. The molecule has 21 heavy (non-hydrogen) atoms. The van der Waals surface area contributed by atoms with Crippen LogP contribution in [0.4, 0.5) is 5.82 Å². The van der Waals surface area contributed by atoms with Gasteiger partial charge in [0.15, 0.2) is 0 Å². The summed E-state index contributed by atoms with van der Waals surface area (Å²) in [5, 5.41) is 6.01. The third-order valence-electron chi connectivity index (χ3n) is 3.58. The highest BCUT2D eigenvalue weighted by Gasteiger charge is 2.12. The average Bonchev–Trinajstić information content (AvgIpc) is 2.55. The second-order valence-corrected chi connectivity index (χ2v) is 6.27. The molecule has 5 nitrogen and oxygen atoms in total. The molecular weight excluding hydrogens is 284 g/mol. The number of aromatic nitrogens is 1. The number of pyridine rings is 1. The molecule has 1 aliphatic rings. The minimum atomic E-state index is -0.0185. The fourth-order valence-electron chi connectivity index (χ4n) is 2.28. The first-order valence-corrected chi connectivity index (χ1v) is 8.65. The largest absolute Gasteiger partial charge is 0.373 e. The van der Waals surface area contributed by atoms with Gasteiger partial charge in [0.25, 0.3) is 5.91 Å². The molecule has 1 aromatic rings. The third-order valence-corrected chi connectivity index (χ3v) is 4.52. The van der Waals surface area contributed by atoms with Crippen molar-refractivity contribution in [2.45, 2.75) is 13.3 Å². The van der Waals surface area contributed by atoms with E-state index >= 15 is 0 Å². The van der Waals surface area contributed by atoms with Gasteiger partial charge in [-0.15, -0.1) is 0 Å². The Morgan fingerprint density at radius 3 is 2.81 bits per heavy atom. The van der Waals surface area contributed by atoms with E-state index in [1.54, 1.807) is 6.07 Å². The van der Waals surface area contributed by atoms with Gasteiger partial charge in [0.2, 0.25) is 0 Å². The SMILES string of the molecule is CCc1cc(C(=O)NCCN2CCSCC2)cc(NC)n1. The molecule has 1 fully saturated rings. The Hall–Kier alpha value is -1.27. The molecule has 116 valence electrons. The minimum Gasteiger partial charge on any atom is -0.373 e. The third kappa shape index (κ3) is 4.89. The molecule has 0 atom stereocenters. The van der Waals surface area contributed by atoms with Gasteiger partial charge >= 0.3 is 0 Å². The maximum absolute atomic E-state index is 12.2. The number of aryl methyl sites for hydroxylation is 1. The maximum atomic E-state index is 12.2. The number of carbonyl (C=O) groups excluding carboxylic acids is 1. The van der Waals surface area contributed by atoms with E-state index in [0.29, 0.717) is 12.1 Å². The second-order valence-electron chi connectivity index (χ2n) is 5.05. The molecule has 0 saturated carbocycles. The van der Waals surface area contributed by atoms with Gasteiger partial charge in [-0.05, 0) is 18.6 Å². The van der Waals surface area contributed by atoms with Gasteiger partial charge < -0.3 is 10.6 Å². The summed E-state index contributed by atoms with van der Waals surface area (Å²) >= 11 is 2.00. The van der Waals surface area contributed by atoms with E-state index in [1.165, 1.54) is 11.5 Å². The number of thioether (sulfide) groups is 1. The summed E-state index contributed by atoms with van der Waals surface area (Å²) in [6, 6.07) is 3.67. The Balaban J connectivity index is 1.87. The van der Waals surface area contributed by atoms with Crippen LogP contribution in [0.2, 0.25) is 0 Å². The summed E-state index contributed by atoms with van der Waals surface area (Å²) in [6.45, 7) is 5.91. The van der Waals surface area contributed by atoms with Crippen molar-refractivity contribution in [3.63, 3.8) is 0 Å². The quantitative estimate of drug-likeness (QED) is 0.833. The van der Waals surface area contributed by atoms with Crippen molar-refractivity contribution >= 4 is 23.5 Å². The predicted molar refractivity (Wildman–Crippen MR) is 89.3 cm³/mol. The van der Waals surface area contributed by atoms with Crippen LogP contribution in [0.3, 0.4) is 0 Å². The van der Waals surface area contributed by atoms with Gasteiger partial charge in [0, 0.05) is 56.0 Å². The van der Waals surface area contributed by atoms with Crippen LogP contribution in [-0.2, 0) is 6.42 Å². The first-order valence-electron chi connectivity index (χ1n) is 7.50. The Morgan fingerprint density at radius 1 is 1.38 bits per heavy atom. The van der Waals surface area contributed by atoms with Gasteiger partial charge in [-0.2, -0.15) is 11.8 Å². The lowest BCUT2D eigenvalue weighted by Crippen LogP contribution is -2.39. The Morgan fingerprint density at radius 2 is 2.14 bits per heavy atom. The van der Waals surface area contributed by atoms with E-state index in [-0.39, 0.29) is 5.91 Å². The molecule has 0 radical (unpaired) electrons. The van der Waals surface area contributed by atoms with E-state index < -0.39 is 0 Å². The van der Waals surface area contributed by atoms with Crippen LogP contribution in [0, 0.1) is 0 Å². The normalized spacial score (nSPS) is 15.7. The van der Waals surface area contributed by atoms with Gasteiger partial charge in [0.1, 0.15) is 5.82 Å². The molecule has 2 heterocycles. The minimum absolute atomic E-state index is 0.0185. The number of anilines is 1. The van der Waals surface area contributed by atoms with Crippen molar-refractivity contribution in [3.8, 4) is 0 Å². The number of amides is 1. The molecule has 0 aromatic carbocycles. The standard InChI is InChI=1S/C15H24N4OS/c1-3-13-10-12(11-14(16-2)18-13)15(20)17-4-5-19-6-8-21-9-7-19/h10-11H,3-9H2,1-2H3,(H,16,18)(H,17,20). The van der Waals surface area contributed by atoms with Crippen molar-refractivity contribution in [2.75, 3.05) is 50.0 Å². The van der Waals surface area contributed by atoms with Crippen LogP contribution < -0.4 is 10.6 Å². The number of nitrogens with one attached hydrogen (secondary N) is 2. The molecule has 1 aromatic heterocycles. The van der Waals surface area contributed by atoms with Crippen LogP contribution in [0.5, 0.6) is 0 Å². The number of rotatable bonds is 6. The summed E-state index contributed by atoms with van der Waals surface area (Å²) in [4.78, 5) is 19.0. The molecule has 2 N–H and O–H groups in total. The van der Waals surface area contributed by atoms with Crippen molar-refractivity contribution in [1.82, 2.24) is 15.2 Å². The van der Waals surface area contributed by atoms with Crippen molar-refractivity contribution in [3.05, 3.63) is 23.4 Å². The monoisotopic (exact) mass is 308 g/mol. The van der Waals surface area contributed by atoms with Crippen molar-refractivity contribution in [1.29, 1.82) is 0 Å². The molecule has 0 spiro atoms. The summed E-state index contributed by atoms with van der Waals surface area (Å²) < 4.78 is 0. The van der Waals surface area contributed by atoms with Crippen LogP contribution in [0.25, 0.3) is 0 Å². The number of carbonyl (C=O) groups is 1. The van der Waals surface area contributed by atoms with E-state index in [4.69, 9.17) is 0 Å². The van der Waals surface area contributed by atoms with E-state index in [1.807, 2.05) is 31.8 Å². The predicted octanol–water partition coefficient (Wildman–Crippen LogP) is 1.46. The number of hydrogen-bond donors (Lipinski definition) is 2. The van der Waals surface area contributed by atoms with E-state index in [0.717, 1.165) is 37.6 Å². The fourth-order valence-corrected chi connectivity index (χ4v) is 3.26. The molecule has 1 aliphatic heterocycles. The molecule has 1 amide bonds. The molecule has 0 unspecified atom stereocenters. The topological polar surface area (TPSA) is 57.3 Å². The summed E-state index contributed by atoms with van der Waals surface area (Å²) in [5.41, 5.74) is 1.61. The molecule has 0 bridgehead atoms. The zero-order valence-electron chi connectivity index (χ0n) is 12.8. The van der Waals surface area contributed by atoms with Crippen LogP contribution >= 0.6 is 11.8 Å². The average molecular weight is 308 g/mol. The van der Waals surface area contributed by atoms with Gasteiger partial charge in [0.05, 0.1) is 0 Å². The number of nitrogens with zero attached hydrogens (tertiary/aromatic N) is 2. The van der Waals surface area contributed by atoms with Gasteiger partial charge in [-0.25, -0.2) is 4.98 Å². The van der Waals surface area contributed by atoms with Gasteiger partial charge in [-0.3, -0.25) is 9.69 Å². The highest BCUT2D eigenvalue weighted by Crippen LogP contribution is 2.11. The van der Waals surface area contributed by atoms with E-state index in [9.17, 15) is 4.79 Å². The Kier molecular flexibility index (Phi) is 6.32. The molecular formula is C15H24N4OS. The first kappa shape index (κ1) is 16.1. The van der Waals surface area contributed by atoms with Crippen LogP contribution in [0.15, 0.2) is 12.1 Å². The van der Waals surface area contributed by atoms with E-state index in [2.05, 4.69) is 20.5 Å². The summed E-state index contributed by atoms with van der Waals surface area (Å²) in [7, 11) is 1.82. The first-order chi connectivity index (χ1) is 10.2. The summed E-state index contributed by atoms with van der Waals surface area (Å²) in [5.74, 6) is 3.12. The number of hydrogen-bond acceptors (Lipinski definition) is 5. The maximum Gasteiger partial charge on any atom is 0.251 e. The lowest BCUT2D eigenvalue weighted by molar-refractivity contribution is 0.0948. The Labute approximate surface area is 130 Å². The highest BCUT2D eigenvalue weighted by atomic mass is 32.2. The van der Waals surface area contributed by atoms with Gasteiger partial charge in [-0.1, -0.05) is 6.92 Å².